The van der Waals surface area contributed by atoms with Crippen LogP contribution in [0.2, 0.25) is 10.0 Å². The van der Waals surface area contributed by atoms with Crippen molar-refractivity contribution in [2.75, 3.05) is 7.05 Å². The van der Waals surface area contributed by atoms with E-state index >= 15 is 0 Å². The first kappa shape index (κ1) is 13.9. The number of benzene rings is 1. The summed E-state index contributed by atoms with van der Waals surface area (Å²) in [7, 11) is 2.01. The van der Waals surface area contributed by atoms with Crippen LogP contribution in [0, 0.1) is 0 Å². The van der Waals surface area contributed by atoms with E-state index in [0.29, 0.717) is 16.1 Å². The van der Waals surface area contributed by atoms with Crippen LogP contribution in [0.15, 0.2) is 24.4 Å². The van der Waals surface area contributed by atoms with Crippen molar-refractivity contribution in [1.82, 2.24) is 15.1 Å². The normalized spacial score (nSPS) is 18.6. The fourth-order valence-corrected chi connectivity index (χ4v) is 3.37. The summed E-state index contributed by atoms with van der Waals surface area (Å²) in [6, 6.07) is 5.92. The average Bonchev–Trinajstić information content (AvgIpc) is 2.72. The van der Waals surface area contributed by atoms with Gasteiger partial charge in [0.05, 0.1) is 16.9 Å². The van der Waals surface area contributed by atoms with Crippen molar-refractivity contribution in [2.24, 2.45) is 0 Å². The molecule has 0 fully saturated rings. The lowest BCUT2D eigenvalue weighted by molar-refractivity contribution is 0.533. The van der Waals surface area contributed by atoms with E-state index in [1.54, 1.807) is 6.07 Å². The highest BCUT2D eigenvalue weighted by Gasteiger charge is 2.22. The van der Waals surface area contributed by atoms with Crippen molar-refractivity contribution in [3.8, 4) is 5.69 Å². The van der Waals surface area contributed by atoms with Gasteiger partial charge in [-0.3, -0.25) is 0 Å². The summed E-state index contributed by atoms with van der Waals surface area (Å²) in [4.78, 5) is 0. The van der Waals surface area contributed by atoms with E-state index in [1.807, 2.05) is 30.1 Å². The van der Waals surface area contributed by atoms with E-state index in [9.17, 15) is 0 Å². The van der Waals surface area contributed by atoms with Gasteiger partial charge in [0.1, 0.15) is 0 Å². The zero-order valence-corrected chi connectivity index (χ0v) is 12.9. The Morgan fingerprint density at radius 1 is 1.30 bits per heavy atom. The molecule has 5 heteroatoms. The van der Waals surface area contributed by atoms with Crippen LogP contribution in [0.25, 0.3) is 5.69 Å². The van der Waals surface area contributed by atoms with Crippen molar-refractivity contribution in [3.63, 3.8) is 0 Å². The molecule has 0 saturated carbocycles. The number of hydrogen-bond acceptors (Lipinski definition) is 2. The predicted molar refractivity (Wildman–Crippen MR) is 82.9 cm³/mol. The zero-order chi connectivity index (χ0) is 14.1. The monoisotopic (exact) mass is 309 g/mol. The molecule has 106 valence electrons. The largest absolute Gasteiger partial charge is 0.313 e. The van der Waals surface area contributed by atoms with E-state index in [1.165, 1.54) is 24.1 Å². The molecule has 0 radical (unpaired) electrons. The van der Waals surface area contributed by atoms with Crippen LogP contribution in [0.5, 0.6) is 0 Å². The molecule has 1 heterocycles. The summed E-state index contributed by atoms with van der Waals surface area (Å²) in [6.45, 7) is 0. The fourth-order valence-electron chi connectivity index (χ4n) is 2.88. The molecule has 0 bridgehead atoms. The minimum Gasteiger partial charge on any atom is -0.313 e. The van der Waals surface area contributed by atoms with Gasteiger partial charge in [-0.2, -0.15) is 5.10 Å². The summed E-state index contributed by atoms with van der Waals surface area (Å²) < 4.78 is 1.96. The minimum absolute atomic E-state index is 0.382. The second kappa shape index (κ2) is 5.76. The molecule has 1 aliphatic rings. The lowest BCUT2D eigenvalue weighted by Crippen LogP contribution is -2.16. The summed E-state index contributed by atoms with van der Waals surface area (Å²) in [5.74, 6) is 0. The van der Waals surface area contributed by atoms with Crippen molar-refractivity contribution in [1.29, 1.82) is 0 Å². The second-order valence-electron chi connectivity index (χ2n) is 5.14. The van der Waals surface area contributed by atoms with Crippen LogP contribution in [0.3, 0.4) is 0 Å². The van der Waals surface area contributed by atoms with Gasteiger partial charge in [-0.1, -0.05) is 29.6 Å². The predicted octanol–water partition coefficient (Wildman–Crippen LogP) is 4.17. The third-order valence-corrected chi connectivity index (χ3v) is 4.46. The van der Waals surface area contributed by atoms with Gasteiger partial charge in [-0.05, 0) is 44.5 Å². The van der Waals surface area contributed by atoms with Crippen molar-refractivity contribution in [2.45, 2.75) is 31.7 Å². The molecule has 1 unspecified atom stereocenters. The molecule has 1 aromatic carbocycles. The second-order valence-corrected chi connectivity index (χ2v) is 5.98. The topological polar surface area (TPSA) is 29.9 Å². The van der Waals surface area contributed by atoms with Gasteiger partial charge in [-0.25, -0.2) is 4.68 Å². The Labute approximate surface area is 128 Å². The molecule has 1 N–H and O–H groups in total. The molecule has 1 aromatic heterocycles. The van der Waals surface area contributed by atoms with E-state index in [0.717, 1.165) is 18.5 Å². The van der Waals surface area contributed by atoms with Crippen LogP contribution >= 0.6 is 23.2 Å². The number of hydrogen-bond donors (Lipinski definition) is 1. The Hall–Kier alpha value is -1.03. The lowest BCUT2D eigenvalue weighted by Gasteiger charge is -2.14. The van der Waals surface area contributed by atoms with Gasteiger partial charge in [0.2, 0.25) is 0 Å². The quantitative estimate of drug-likeness (QED) is 0.844. The zero-order valence-electron chi connectivity index (χ0n) is 11.4. The molecule has 1 atom stereocenters. The molecule has 3 nitrogen and oxygen atoms in total. The standard InChI is InChI=1S/C15H17Cl2N3/c1-18-13-4-2-3-5-14-11(13)9-19-20(14)15-7-6-10(16)8-12(15)17/h6-9,13,18H,2-5H2,1H3. The van der Waals surface area contributed by atoms with Gasteiger partial charge >= 0.3 is 0 Å². The number of halogens is 2. The molecule has 0 amide bonds. The molecular weight excluding hydrogens is 293 g/mol. The van der Waals surface area contributed by atoms with Crippen molar-refractivity contribution in [3.05, 3.63) is 45.7 Å². The first-order valence-corrected chi connectivity index (χ1v) is 7.66. The smallest absolute Gasteiger partial charge is 0.0836 e. The van der Waals surface area contributed by atoms with Gasteiger partial charge in [0.25, 0.3) is 0 Å². The van der Waals surface area contributed by atoms with Gasteiger partial charge in [0, 0.05) is 22.3 Å². The molecule has 0 aliphatic heterocycles. The lowest BCUT2D eigenvalue weighted by atomic mass is 10.1. The Bertz CT molecular complexity index is 622. The first-order chi connectivity index (χ1) is 9.70. The summed E-state index contributed by atoms with van der Waals surface area (Å²) in [5.41, 5.74) is 3.44. The minimum atomic E-state index is 0.382. The van der Waals surface area contributed by atoms with Crippen molar-refractivity contribution >= 4 is 23.2 Å². The Balaban J connectivity index is 2.09. The highest BCUT2D eigenvalue weighted by Crippen LogP contribution is 2.32. The van der Waals surface area contributed by atoms with Gasteiger partial charge in [-0.15, -0.1) is 0 Å². The number of nitrogens with zero attached hydrogens (tertiary/aromatic N) is 2. The SMILES string of the molecule is CNC1CCCCc2c1cnn2-c1ccc(Cl)cc1Cl. The molecule has 0 saturated heterocycles. The third kappa shape index (κ3) is 2.46. The van der Waals surface area contributed by atoms with Crippen LogP contribution in [0.4, 0.5) is 0 Å². The maximum Gasteiger partial charge on any atom is 0.0836 e. The van der Waals surface area contributed by atoms with Gasteiger partial charge in [0.15, 0.2) is 0 Å². The van der Waals surface area contributed by atoms with Crippen LogP contribution < -0.4 is 5.32 Å². The average molecular weight is 310 g/mol. The molecule has 0 spiro atoms. The fraction of sp³-hybridized carbons (Fsp3) is 0.400. The number of rotatable bonds is 2. The van der Waals surface area contributed by atoms with Crippen LogP contribution in [0.1, 0.15) is 36.6 Å². The summed E-state index contributed by atoms with van der Waals surface area (Å²) in [5, 5.41) is 9.21. The number of aromatic nitrogens is 2. The van der Waals surface area contributed by atoms with Gasteiger partial charge < -0.3 is 5.32 Å². The highest BCUT2D eigenvalue weighted by molar-refractivity contribution is 6.35. The number of fused-ring (bicyclic) bond motifs is 1. The Kier molecular flexibility index (Phi) is 4.01. The Morgan fingerprint density at radius 2 is 2.15 bits per heavy atom. The third-order valence-electron chi connectivity index (χ3n) is 3.92. The maximum absolute atomic E-state index is 6.31. The Morgan fingerprint density at radius 3 is 2.90 bits per heavy atom. The van der Waals surface area contributed by atoms with Crippen LogP contribution in [-0.2, 0) is 6.42 Å². The van der Waals surface area contributed by atoms with Crippen LogP contribution in [-0.4, -0.2) is 16.8 Å². The summed E-state index contributed by atoms with van der Waals surface area (Å²) >= 11 is 12.3. The molecular formula is C15H17Cl2N3. The molecule has 3 rings (SSSR count). The highest BCUT2D eigenvalue weighted by atomic mass is 35.5. The van der Waals surface area contributed by atoms with E-state index < -0.39 is 0 Å². The van der Waals surface area contributed by atoms with E-state index in [-0.39, 0.29) is 0 Å². The first-order valence-electron chi connectivity index (χ1n) is 6.90. The van der Waals surface area contributed by atoms with Crippen molar-refractivity contribution < 1.29 is 0 Å². The molecule has 1 aliphatic carbocycles. The summed E-state index contributed by atoms with van der Waals surface area (Å²) in [6.07, 6.45) is 6.57. The molecule has 2 aromatic rings. The molecule has 20 heavy (non-hydrogen) atoms. The van der Waals surface area contributed by atoms with E-state index in [4.69, 9.17) is 23.2 Å². The number of nitrogens with one attached hydrogen (secondary N) is 1. The maximum atomic E-state index is 6.31. The van der Waals surface area contributed by atoms with E-state index in [2.05, 4.69) is 10.4 Å².